The van der Waals surface area contributed by atoms with E-state index in [0.717, 1.165) is 30.4 Å². The molecule has 0 aliphatic carbocycles. The average molecular weight is 236 g/mol. The summed E-state index contributed by atoms with van der Waals surface area (Å²) in [5.74, 6) is 0.0948. The highest BCUT2D eigenvalue weighted by Crippen LogP contribution is 2.20. The van der Waals surface area contributed by atoms with Crippen molar-refractivity contribution < 1.29 is 14.6 Å². The molecular formula is C14H20O3. The lowest BCUT2D eigenvalue weighted by molar-refractivity contribution is -0.140. The highest BCUT2D eigenvalue weighted by atomic mass is 16.5. The third-order valence-electron chi connectivity index (χ3n) is 2.82. The molecule has 94 valence electrons. The molecule has 0 aliphatic rings. The number of unbranched alkanes of at least 4 members (excludes halogenated alkanes) is 1. The van der Waals surface area contributed by atoms with E-state index in [1.807, 2.05) is 6.07 Å². The molecule has 1 N–H and O–H groups in total. The number of rotatable bonds is 6. The van der Waals surface area contributed by atoms with E-state index in [-0.39, 0.29) is 11.7 Å². The lowest BCUT2D eigenvalue weighted by atomic mass is 9.98. The molecule has 0 spiro atoms. The lowest BCUT2D eigenvalue weighted by Gasteiger charge is -2.09. The summed E-state index contributed by atoms with van der Waals surface area (Å²) in [6.45, 7) is 2.14. The number of hydrogen-bond donors (Lipinski definition) is 1. The van der Waals surface area contributed by atoms with Crippen molar-refractivity contribution in [2.45, 2.75) is 39.0 Å². The van der Waals surface area contributed by atoms with Gasteiger partial charge in [0, 0.05) is 6.42 Å². The summed E-state index contributed by atoms with van der Waals surface area (Å²) < 4.78 is 4.63. The van der Waals surface area contributed by atoms with Crippen molar-refractivity contribution in [2.24, 2.45) is 0 Å². The maximum atomic E-state index is 11.1. The van der Waals surface area contributed by atoms with Crippen LogP contribution in [0.2, 0.25) is 0 Å². The van der Waals surface area contributed by atoms with Crippen molar-refractivity contribution in [3.8, 4) is 5.75 Å². The zero-order valence-electron chi connectivity index (χ0n) is 10.5. The van der Waals surface area contributed by atoms with Crippen LogP contribution in [0.1, 0.15) is 37.3 Å². The summed E-state index contributed by atoms with van der Waals surface area (Å²) in [4.78, 5) is 11.1. The maximum Gasteiger partial charge on any atom is 0.305 e. The Morgan fingerprint density at radius 2 is 2.06 bits per heavy atom. The van der Waals surface area contributed by atoms with Crippen LogP contribution in [0.4, 0.5) is 0 Å². The standard InChI is InChI=1S/C14H20O3/c1-3-4-5-12-10-13(15)8-6-11(12)7-9-14(16)17-2/h6,8,10,15H,3-5,7,9H2,1-2H3. The molecule has 0 aliphatic heterocycles. The Balaban J connectivity index is 2.71. The van der Waals surface area contributed by atoms with Crippen molar-refractivity contribution in [1.82, 2.24) is 0 Å². The molecule has 0 atom stereocenters. The van der Waals surface area contributed by atoms with Crippen molar-refractivity contribution in [2.75, 3.05) is 7.11 Å². The van der Waals surface area contributed by atoms with Gasteiger partial charge in [0.15, 0.2) is 0 Å². The summed E-state index contributed by atoms with van der Waals surface area (Å²) in [5.41, 5.74) is 2.26. The van der Waals surface area contributed by atoms with Gasteiger partial charge in [-0.25, -0.2) is 0 Å². The number of aromatic hydroxyl groups is 1. The summed E-state index contributed by atoms with van der Waals surface area (Å²) in [5, 5.41) is 9.47. The molecule has 3 nitrogen and oxygen atoms in total. The van der Waals surface area contributed by atoms with Gasteiger partial charge in [-0.05, 0) is 42.5 Å². The minimum atomic E-state index is -0.195. The second-order valence-electron chi connectivity index (χ2n) is 4.13. The van der Waals surface area contributed by atoms with Gasteiger partial charge in [0.05, 0.1) is 7.11 Å². The van der Waals surface area contributed by atoms with E-state index in [0.29, 0.717) is 12.8 Å². The van der Waals surface area contributed by atoms with E-state index in [4.69, 9.17) is 0 Å². The van der Waals surface area contributed by atoms with Crippen LogP contribution in [-0.2, 0) is 22.4 Å². The van der Waals surface area contributed by atoms with Crippen LogP contribution in [0.5, 0.6) is 5.75 Å². The van der Waals surface area contributed by atoms with Crippen molar-refractivity contribution in [3.05, 3.63) is 29.3 Å². The Hall–Kier alpha value is -1.51. The summed E-state index contributed by atoms with van der Waals surface area (Å²) in [7, 11) is 1.40. The first-order valence-corrected chi connectivity index (χ1v) is 6.05. The molecule has 0 unspecified atom stereocenters. The third kappa shape index (κ3) is 4.47. The van der Waals surface area contributed by atoms with Gasteiger partial charge in [0.1, 0.15) is 5.75 Å². The van der Waals surface area contributed by atoms with Crippen LogP contribution < -0.4 is 0 Å². The van der Waals surface area contributed by atoms with Crippen LogP contribution in [0.25, 0.3) is 0 Å². The second kappa shape index (κ2) is 6.94. The fourth-order valence-corrected chi connectivity index (χ4v) is 1.79. The molecule has 17 heavy (non-hydrogen) atoms. The molecule has 0 aromatic heterocycles. The summed E-state index contributed by atoms with van der Waals surface area (Å²) in [6.07, 6.45) is 4.22. The zero-order chi connectivity index (χ0) is 12.7. The average Bonchev–Trinajstić information content (AvgIpc) is 2.34. The van der Waals surface area contributed by atoms with Gasteiger partial charge in [-0.15, -0.1) is 0 Å². The Labute approximate surface area is 102 Å². The Morgan fingerprint density at radius 1 is 1.29 bits per heavy atom. The summed E-state index contributed by atoms with van der Waals surface area (Å²) in [6, 6.07) is 5.35. The Bertz CT molecular complexity index is 372. The topological polar surface area (TPSA) is 46.5 Å². The fourth-order valence-electron chi connectivity index (χ4n) is 1.79. The van der Waals surface area contributed by atoms with Crippen LogP contribution >= 0.6 is 0 Å². The number of carbonyl (C=O) groups is 1. The van der Waals surface area contributed by atoms with Crippen molar-refractivity contribution in [1.29, 1.82) is 0 Å². The van der Waals surface area contributed by atoms with E-state index >= 15 is 0 Å². The van der Waals surface area contributed by atoms with Gasteiger partial charge >= 0.3 is 5.97 Å². The van der Waals surface area contributed by atoms with Gasteiger partial charge < -0.3 is 9.84 Å². The number of ether oxygens (including phenoxy) is 1. The van der Waals surface area contributed by atoms with Crippen LogP contribution in [-0.4, -0.2) is 18.2 Å². The van der Waals surface area contributed by atoms with Crippen LogP contribution in [0.3, 0.4) is 0 Å². The molecule has 0 saturated carbocycles. The molecule has 0 heterocycles. The highest BCUT2D eigenvalue weighted by molar-refractivity contribution is 5.69. The SMILES string of the molecule is CCCCc1cc(O)ccc1CCC(=O)OC. The number of phenolic OH excluding ortho intramolecular Hbond substituents is 1. The number of phenols is 1. The molecule has 1 rings (SSSR count). The van der Waals surface area contributed by atoms with Crippen molar-refractivity contribution >= 4 is 5.97 Å². The lowest BCUT2D eigenvalue weighted by Crippen LogP contribution is -2.03. The van der Waals surface area contributed by atoms with Gasteiger partial charge in [-0.1, -0.05) is 19.4 Å². The van der Waals surface area contributed by atoms with E-state index < -0.39 is 0 Å². The Morgan fingerprint density at radius 3 is 2.71 bits per heavy atom. The number of methoxy groups -OCH3 is 1. The quantitative estimate of drug-likeness (QED) is 0.772. The Kier molecular flexibility index (Phi) is 5.53. The molecule has 1 aromatic carbocycles. The van der Waals surface area contributed by atoms with Gasteiger partial charge in [0.25, 0.3) is 0 Å². The zero-order valence-corrected chi connectivity index (χ0v) is 10.5. The minimum Gasteiger partial charge on any atom is -0.508 e. The molecule has 0 fully saturated rings. The van der Waals surface area contributed by atoms with Gasteiger partial charge in [-0.3, -0.25) is 4.79 Å². The van der Waals surface area contributed by atoms with Crippen LogP contribution in [0, 0.1) is 0 Å². The molecule has 0 bridgehead atoms. The number of esters is 1. The van der Waals surface area contributed by atoms with Gasteiger partial charge in [0.2, 0.25) is 0 Å². The first kappa shape index (κ1) is 13.6. The number of aryl methyl sites for hydroxylation is 2. The summed E-state index contributed by atoms with van der Waals surface area (Å²) >= 11 is 0. The first-order valence-electron chi connectivity index (χ1n) is 6.05. The second-order valence-corrected chi connectivity index (χ2v) is 4.13. The van der Waals surface area contributed by atoms with E-state index in [9.17, 15) is 9.90 Å². The minimum absolute atomic E-state index is 0.195. The van der Waals surface area contributed by atoms with E-state index in [2.05, 4.69) is 11.7 Å². The predicted molar refractivity (Wildman–Crippen MR) is 67.1 cm³/mol. The molecule has 0 saturated heterocycles. The molecule has 3 heteroatoms. The molecule has 1 aromatic rings. The normalized spacial score (nSPS) is 10.2. The number of carbonyl (C=O) groups excluding carboxylic acids is 1. The molecular weight excluding hydrogens is 216 g/mol. The predicted octanol–water partition coefficient (Wildman–Crippen LogP) is 2.84. The number of hydrogen-bond acceptors (Lipinski definition) is 3. The molecule has 0 radical (unpaired) electrons. The fraction of sp³-hybridized carbons (Fsp3) is 0.500. The van der Waals surface area contributed by atoms with E-state index in [1.165, 1.54) is 7.11 Å². The largest absolute Gasteiger partial charge is 0.508 e. The smallest absolute Gasteiger partial charge is 0.305 e. The van der Waals surface area contributed by atoms with Crippen LogP contribution in [0.15, 0.2) is 18.2 Å². The molecule has 0 amide bonds. The van der Waals surface area contributed by atoms with Gasteiger partial charge in [-0.2, -0.15) is 0 Å². The maximum absolute atomic E-state index is 11.1. The third-order valence-corrected chi connectivity index (χ3v) is 2.82. The highest BCUT2D eigenvalue weighted by Gasteiger charge is 2.07. The van der Waals surface area contributed by atoms with Crippen molar-refractivity contribution in [3.63, 3.8) is 0 Å². The first-order chi connectivity index (χ1) is 8.17. The monoisotopic (exact) mass is 236 g/mol. The number of benzene rings is 1. The van der Waals surface area contributed by atoms with E-state index in [1.54, 1.807) is 12.1 Å².